The lowest BCUT2D eigenvalue weighted by Gasteiger charge is -2.06. The summed E-state index contributed by atoms with van der Waals surface area (Å²) < 4.78 is 15.0. The van der Waals surface area contributed by atoms with Crippen molar-refractivity contribution < 1.29 is 28.6 Å². The molecule has 0 aliphatic rings. The molecule has 0 fully saturated rings. The minimum atomic E-state index is -0.589. The zero-order chi connectivity index (χ0) is 18.9. The summed E-state index contributed by atoms with van der Waals surface area (Å²) in [7, 11) is 3.08. The maximum atomic E-state index is 12.0. The molecular weight excluding hydrogens is 336 g/mol. The normalized spacial score (nSPS) is 10.1. The summed E-state index contributed by atoms with van der Waals surface area (Å²) in [5.74, 6) is 0.205. The summed E-state index contributed by atoms with van der Waals surface area (Å²) in [4.78, 5) is 35.8. The van der Waals surface area contributed by atoms with Crippen molar-refractivity contribution in [1.29, 1.82) is 0 Å². The molecular formula is C20H20O6. The molecule has 6 heteroatoms. The highest BCUT2D eigenvalue weighted by atomic mass is 16.5. The quantitative estimate of drug-likeness (QED) is 0.507. The van der Waals surface area contributed by atoms with Gasteiger partial charge >= 0.3 is 5.97 Å². The van der Waals surface area contributed by atoms with Gasteiger partial charge in [-0.25, -0.2) is 0 Å². The number of ether oxygens (including phenoxy) is 3. The highest BCUT2D eigenvalue weighted by Crippen LogP contribution is 2.14. The molecule has 0 amide bonds. The molecule has 6 nitrogen and oxygen atoms in total. The topological polar surface area (TPSA) is 78.9 Å². The third kappa shape index (κ3) is 5.44. The molecule has 0 atom stereocenters. The van der Waals surface area contributed by atoms with Crippen LogP contribution in [0.3, 0.4) is 0 Å². The van der Waals surface area contributed by atoms with Crippen molar-refractivity contribution in [3.05, 3.63) is 59.7 Å². The molecule has 0 N–H and O–H groups in total. The van der Waals surface area contributed by atoms with Gasteiger partial charge in [-0.05, 0) is 48.5 Å². The molecule has 2 aromatic carbocycles. The molecule has 0 spiro atoms. The van der Waals surface area contributed by atoms with E-state index in [9.17, 15) is 14.4 Å². The predicted molar refractivity (Wildman–Crippen MR) is 94.8 cm³/mol. The highest BCUT2D eigenvalue weighted by Gasteiger charge is 2.13. The molecule has 0 heterocycles. The first-order valence-electron chi connectivity index (χ1n) is 8.03. The van der Waals surface area contributed by atoms with E-state index in [0.717, 1.165) is 0 Å². The van der Waals surface area contributed by atoms with Gasteiger partial charge in [0.2, 0.25) is 0 Å². The number of hydrogen-bond acceptors (Lipinski definition) is 6. The smallest absolute Gasteiger partial charge is 0.306 e. The van der Waals surface area contributed by atoms with Gasteiger partial charge in [-0.2, -0.15) is 0 Å². The Bertz CT molecular complexity index is 696. The summed E-state index contributed by atoms with van der Waals surface area (Å²) >= 11 is 0. The average molecular weight is 356 g/mol. The zero-order valence-electron chi connectivity index (χ0n) is 14.7. The first-order valence-corrected chi connectivity index (χ1v) is 8.03. The molecule has 0 saturated heterocycles. The van der Waals surface area contributed by atoms with Crippen molar-refractivity contribution in [1.82, 2.24) is 0 Å². The average Bonchev–Trinajstić information content (AvgIpc) is 2.70. The zero-order valence-corrected chi connectivity index (χ0v) is 14.7. The number of ketones is 2. The summed E-state index contributed by atoms with van der Waals surface area (Å²) in [6.45, 7) is -0.359. The van der Waals surface area contributed by atoms with Crippen LogP contribution in [-0.4, -0.2) is 38.4 Å². The Labute approximate surface area is 151 Å². The second kappa shape index (κ2) is 9.36. The maximum absolute atomic E-state index is 12.0. The largest absolute Gasteiger partial charge is 0.497 e. The van der Waals surface area contributed by atoms with Crippen molar-refractivity contribution in [3.63, 3.8) is 0 Å². The molecule has 0 saturated carbocycles. The number of benzene rings is 2. The summed E-state index contributed by atoms with van der Waals surface area (Å²) in [6.07, 6.45) is -0.0668. The van der Waals surface area contributed by atoms with Gasteiger partial charge in [0.1, 0.15) is 11.5 Å². The molecule has 136 valence electrons. The molecule has 0 bridgehead atoms. The fraction of sp³-hybridized carbons (Fsp3) is 0.250. The highest BCUT2D eigenvalue weighted by molar-refractivity contribution is 5.99. The second-order valence-electron chi connectivity index (χ2n) is 5.46. The van der Waals surface area contributed by atoms with Crippen LogP contribution >= 0.6 is 0 Å². The molecule has 2 rings (SSSR count). The van der Waals surface area contributed by atoms with Crippen LogP contribution in [-0.2, 0) is 9.53 Å². The van der Waals surface area contributed by atoms with Gasteiger partial charge in [0.15, 0.2) is 18.2 Å². The van der Waals surface area contributed by atoms with Gasteiger partial charge in [0.25, 0.3) is 0 Å². The fourth-order valence-corrected chi connectivity index (χ4v) is 2.22. The van der Waals surface area contributed by atoms with E-state index in [-0.39, 0.29) is 31.0 Å². The van der Waals surface area contributed by atoms with E-state index in [1.807, 2.05) is 0 Å². The van der Waals surface area contributed by atoms with Crippen LogP contribution in [0.5, 0.6) is 11.5 Å². The van der Waals surface area contributed by atoms with Crippen LogP contribution in [0.25, 0.3) is 0 Å². The van der Waals surface area contributed by atoms with Gasteiger partial charge in [0.05, 0.1) is 20.6 Å². The third-order valence-electron chi connectivity index (χ3n) is 3.74. The minimum absolute atomic E-state index is 0.0158. The van der Waals surface area contributed by atoms with Gasteiger partial charge in [-0.1, -0.05) is 0 Å². The predicted octanol–water partition coefficient (Wildman–Crippen LogP) is 3.09. The number of hydrogen-bond donors (Lipinski definition) is 0. The number of esters is 1. The standard InChI is InChI=1S/C20H20O6/c1-24-16-7-3-14(4-8-16)18(21)11-12-20(23)26-13-19(22)15-5-9-17(25-2)10-6-15/h3-10H,11-13H2,1-2H3. The van der Waals surface area contributed by atoms with E-state index in [4.69, 9.17) is 14.2 Å². The Balaban J connectivity index is 1.77. The fourth-order valence-electron chi connectivity index (χ4n) is 2.22. The lowest BCUT2D eigenvalue weighted by Crippen LogP contribution is -2.15. The SMILES string of the molecule is COc1ccc(C(=O)CCC(=O)OCC(=O)c2ccc(OC)cc2)cc1. The Morgan fingerprint density at radius 2 is 1.15 bits per heavy atom. The number of carbonyl (C=O) groups excluding carboxylic acids is 3. The van der Waals surface area contributed by atoms with Crippen LogP contribution < -0.4 is 9.47 Å². The minimum Gasteiger partial charge on any atom is -0.497 e. The van der Waals surface area contributed by atoms with Gasteiger partial charge < -0.3 is 14.2 Å². The van der Waals surface area contributed by atoms with E-state index >= 15 is 0 Å². The molecule has 26 heavy (non-hydrogen) atoms. The van der Waals surface area contributed by atoms with Crippen LogP contribution in [0.1, 0.15) is 33.6 Å². The van der Waals surface area contributed by atoms with Gasteiger partial charge in [0, 0.05) is 17.5 Å². The Morgan fingerprint density at radius 3 is 1.62 bits per heavy atom. The maximum Gasteiger partial charge on any atom is 0.306 e. The van der Waals surface area contributed by atoms with Crippen molar-refractivity contribution in [2.24, 2.45) is 0 Å². The van der Waals surface area contributed by atoms with Crippen LogP contribution in [0, 0.1) is 0 Å². The Kier molecular flexibility index (Phi) is 6.91. The molecule has 0 aliphatic heterocycles. The monoisotopic (exact) mass is 356 g/mol. The lowest BCUT2D eigenvalue weighted by atomic mass is 10.1. The van der Waals surface area contributed by atoms with Crippen molar-refractivity contribution in [2.45, 2.75) is 12.8 Å². The van der Waals surface area contributed by atoms with Crippen LogP contribution in [0.15, 0.2) is 48.5 Å². The second-order valence-corrected chi connectivity index (χ2v) is 5.46. The molecule has 2 aromatic rings. The van der Waals surface area contributed by atoms with Gasteiger partial charge in [-0.3, -0.25) is 14.4 Å². The number of carbonyl (C=O) groups is 3. The summed E-state index contributed by atoms with van der Waals surface area (Å²) in [6, 6.07) is 13.1. The van der Waals surface area contributed by atoms with Crippen molar-refractivity contribution >= 4 is 17.5 Å². The van der Waals surface area contributed by atoms with E-state index in [1.54, 1.807) is 55.6 Å². The molecule has 0 aliphatic carbocycles. The molecule has 0 aromatic heterocycles. The van der Waals surface area contributed by atoms with E-state index < -0.39 is 5.97 Å². The third-order valence-corrected chi connectivity index (χ3v) is 3.74. The summed E-state index contributed by atoms with van der Waals surface area (Å²) in [5, 5.41) is 0. The molecule has 0 radical (unpaired) electrons. The van der Waals surface area contributed by atoms with Gasteiger partial charge in [-0.15, -0.1) is 0 Å². The Hall–Kier alpha value is -3.15. The number of methoxy groups -OCH3 is 2. The molecule has 0 unspecified atom stereocenters. The number of Topliss-reactive ketones (excluding diaryl/α,β-unsaturated/α-hetero) is 2. The van der Waals surface area contributed by atoms with Crippen molar-refractivity contribution in [3.8, 4) is 11.5 Å². The van der Waals surface area contributed by atoms with Crippen LogP contribution in [0.4, 0.5) is 0 Å². The first kappa shape index (κ1) is 19.2. The van der Waals surface area contributed by atoms with Crippen LogP contribution in [0.2, 0.25) is 0 Å². The van der Waals surface area contributed by atoms with E-state index in [1.165, 1.54) is 7.11 Å². The number of rotatable bonds is 9. The lowest BCUT2D eigenvalue weighted by molar-refractivity contribution is -0.142. The van der Waals surface area contributed by atoms with E-state index in [2.05, 4.69) is 0 Å². The summed E-state index contributed by atoms with van der Waals surface area (Å²) in [5.41, 5.74) is 0.917. The van der Waals surface area contributed by atoms with E-state index in [0.29, 0.717) is 22.6 Å². The van der Waals surface area contributed by atoms with Crippen molar-refractivity contribution in [2.75, 3.05) is 20.8 Å². The first-order chi connectivity index (χ1) is 12.5. The Morgan fingerprint density at radius 1 is 0.692 bits per heavy atom.